The number of likely N-dealkylation sites (tertiary alicyclic amines) is 2. The summed E-state index contributed by atoms with van der Waals surface area (Å²) in [6.45, 7) is 14.5. The number of ether oxygens (including phenoxy) is 2. The van der Waals surface area contributed by atoms with Crippen LogP contribution in [0.4, 0.5) is 8.78 Å². The van der Waals surface area contributed by atoms with Crippen LogP contribution in [-0.2, 0) is 30.4 Å². The zero-order valence-corrected chi connectivity index (χ0v) is 37.9. The summed E-state index contributed by atoms with van der Waals surface area (Å²) in [5.74, 6) is -5.87. The quantitative estimate of drug-likeness (QED) is 0.132. The molecule has 7 rings (SSSR count). The first-order chi connectivity index (χ1) is 29.2. The van der Waals surface area contributed by atoms with E-state index in [1.807, 2.05) is 24.4 Å². The van der Waals surface area contributed by atoms with Gasteiger partial charge in [0, 0.05) is 60.2 Å². The second kappa shape index (κ2) is 17.2. The van der Waals surface area contributed by atoms with Gasteiger partial charge in [-0.1, -0.05) is 40.7 Å². The Kier molecular flexibility index (Phi) is 12.6. The number of fused-ring (bicyclic) bond motifs is 1. The van der Waals surface area contributed by atoms with Crippen molar-refractivity contribution in [2.24, 2.45) is 17.3 Å². The molecule has 2 saturated carbocycles. The van der Waals surface area contributed by atoms with Gasteiger partial charge in [-0.15, -0.1) is 17.9 Å². The molecular weight excluding hydrogens is 843 g/mol. The Hall–Kier alpha value is -4.55. The molecule has 2 unspecified atom stereocenters. The molecule has 4 heterocycles. The van der Waals surface area contributed by atoms with Crippen molar-refractivity contribution in [3.63, 3.8) is 0 Å². The monoisotopic (exact) mass is 898 g/mol. The normalized spacial score (nSPS) is 24.4. The maximum absolute atomic E-state index is 15.0. The van der Waals surface area contributed by atoms with Crippen LogP contribution in [0, 0.1) is 24.2 Å². The predicted molar refractivity (Wildman–Crippen MR) is 231 cm³/mol. The molecule has 4 aliphatic rings. The lowest BCUT2D eigenvalue weighted by Gasteiger charge is -2.37. The number of benzene rings is 1. The van der Waals surface area contributed by atoms with Crippen molar-refractivity contribution >= 4 is 57.1 Å². The maximum Gasteiger partial charge on any atom is 0.265 e. The summed E-state index contributed by atoms with van der Waals surface area (Å²) in [7, 11) is 1.57. The molecule has 2 saturated heterocycles. The molecule has 1 aromatic carbocycles. The summed E-state index contributed by atoms with van der Waals surface area (Å²) in [6.07, 6.45) is 1.40. The highest BCUT2D eigenvalue weighted by Crippen LogP contribution is 2.48. The molecule has 2 aliphatic heterocycles. The Labute approximate surface area is 367 Å². The number of alkyl halides is 2. The summed E-state index contributed by atoms with van der Waals surface area (Å²) < 4.78 is 64.8. The van der Waals surface area contributed by atoms with Gasteiger partial charge in [0.1, 0.15) is 39.9 Å². The van der Waals surface area contributed by atoms with Gasteiger partial charge in [-0.05, 0) is 56.1 Å². The molecule has 4 fully saturated rings. The minimum Gasteiger partial charge on any atom is -0.496 e. The number of aryl methyl sites for hydroxylation is 1. The van der Waals surface area contributed by atoms with Crippen LogP contribution in [0.5, 0.6) is 11.5 Å². The summed E-state index contributed by atoms with van der Waals surface area (Å²) in [5.41, 5.74) is 0.440. The molecule has 2 aliphatic carbocycles. The number of methoxy groups -OCH3 is 1. The predicted octanol–water partition coefficient (Wildman–Crippen LogP) is 6.65. The number of amides is 4. The van der Waals surface area contributed by atoms with Gasteiger partial charge in [0.05, 0.1) is 37.3 Å². The Morgan fingerprint density at radius 1 is 1.18 bits per heavy atom. The molecule has 0 spiro atoms. The van der Waals surface area contributed by atoms with Crippen molar-refractivity contribution < 1.29 is 46.2 Å². The number of carbonyl (C=O) groups excluding carboxylic acids is 4. The molecule has 0 bridgehead atoms. The third kappa shape index (κ3) is 9.09. The number of pyridine rings is 1. The summed E-state index contributed by atoms with van der Waals surface area (Å²) in [4.78, 5) is 69.7. The number of piperidine rings is 1. The number of nitrogens with zero attached hydrogens (tertiary/aromatic N) is 5. The number of carbonyl (C=O) groups is 4. The number of thiazole rings is 1. The van der Waals surface area contributed by atoms with Gasteiger partial charge in [-0.3, -0.25) is 23.7 Å². The van der Waals surface area contributed by atoms with Crippen molar-refractivity contribution in [2.75, 3.05) is 26.7 Å². The molecule has 0 radical (unpaired) electrons. The minimum absolute atomic E-state index is 0.0228. The van der Waals surface area contributed by atoms with E-state index in [9.17, 15) is 36.7 Å². The third-order valence-electron chi connectivity index (χ3n) is 12.6. The highest BCUT2D eigenvalue weighted by atomic mass is 32.2. The Balaban J connectivity index is 1.24. The van der Waals surface area contributed by atoms with E-state index in [0.29, 0.717) is 45.9 Å². The highest BCUT2D eigenvalue weighted by molar-refractivity contribution is 7.77. The van der Waals surface area contributed by atoms with E-state index in [1.165, 1.54) is 22.3 Å². The first-order valence-electron chi connectivity index (χ1n) is 21.1. The van der Waals surface area contributed by atoms with Crippen LogP contribution in [0.15, 0.2) is 36.2 Å². The lowest BCUT2D eigenvalue weighted by atomic mass is 9.77. The summed E-state index contributed by atoms with van der Waals surface area (Å²) >= 11 is -1.18. The van der Waals surface area contributed by atoms with E-state index < -0.39 is 88.3 Å². The fourth-order valence-corrected chi connectivity index (χ4v) is 10.4. The minimum atomic E-state index is -3.04. The fraction of sp³-hybridized carbons (Fsp3) is 0.591. The first-order valence-corrected chi connectivity index (χ1v) is 23.1. The van der Waals surface area contributed by atoms with Crippen LogP contribution in [0.1, 0.15) is 96.7 Å². The summed E-state index contributed by atoms with van der Waals surface area (Å²) in [6, 6.07) is 3.78. The zero-order chi connectivity index (χ0) is 45.1. The topological polar surface area (TPSA) is 172 Å². The van der Waals surface area contributed by atoms with Gasteiger partial charge in [0.25, 0.3) is 23.1 Å². The largest absolute Gasteiger partial charge is 0.496 e. The van der Waals surface area contributed by atoms with Crippen molar-refractivity contribution in [2.45, 2.75) is 122 Å². The maximum atomic E-state index is 15.0. The van der Waals surface area contributed by atoms with Crippen LogP contribution < -0.4 is 14.8 Å². The second-order valence-corrected chi connectivity index (χ2v) is 20.2. The van der Waals surface area contributed by atoms with Crippen LogP contribution in [0.3, 0.4) is 0 Å². The molecule has 4 amide bonds. The average Bonchev–Trinajstić information content (AvgIpc) is 4.06. The number of rotatable bonds is 14. The number of hydrogen-bond donors (Lipinski definition) is 2. The van der Waals surface area contributed by atoms with Crippen molar-refractivity contribution in [1.29, 1.82) is 0 Å². The average molecular weight is 899 g/mol. The van der Waals surface area contributed by atoms with Gasteiger partial charge in [0.2, 0.25) is 17.7 Å². The van der Waals surface area contributed by atoms with Crippen LogP contribution in [0.25, 0.3) is 21.6 Å². The zero-order valence-electron chi connectivity index (χ0n) is 36.2. The SMILES string of the molecule is C=C[C@@H]1CC1(NC(=O)[C@@H]1C[C@@H](Oc2cc(-c3nc(C(C)C)cs3)nc3c(C)c(OC)ccc23)CN1C(=O)[C@@H](CC(=O)N1CCCC(F)(F)C1)C(C)(C)C)C(=O)N(C1CC1)S(=O)O. The first kappa shape index (κ1) is 45.5. The van der Waals surface area contributed by atoms with Crippen molar-refractivity contribution in [1.82, 2.24) is 29.4 Å². The van der Waals surface area contributed by atoms with E-state index in [2.05, 4.69) is 25.7 Å². The van der Waals surface area contributed by atoms with Crippen LogP contribution in [0.2, 0.25) is 0 Å². The molecule has 14 nitrogen and oxygen atoms in total. The number of hydrogen-bond acceptors (Lipinski definition) is 10. The third-order valence-corrected chi connectivity index (χ3v) is 14.3. The van der Waals surface area contributed by atoms with Gasteiger partial charge in [-0.25, -0.2) is 27.3 Å². The van der Waals surface area contributed by atoms with Crippen molar-refractivity contribution in [3.8, 4) is 22.2 Å². The smallest absolute Gasteiger partial charge is 0.265 e. The van der Waals surface area contributed by atoms with E-state index in [0.717, 1.165) is 20.5 Å². The number of nitrogens with one attached hydrogen (secondary N) is 1. The fourth-order valence-electron chi connectivity index (χ4n) is 8.67. The Morgan fingerprint density at radius 2 is 1.90 bits per heavy atom. The molecule has 3 aromatic rings. The highest BCUT2D eigenvalue weighted by Gasteiger charge is 2.64. The molecule has 336 valence electrons. The molecular formula is C44H56F2N6O8S2. The molecule has 18 heteroatoms. The second-order valence-electron chi connectivity index (χ2n) is 18.5. The van der Waals surface area contributed by atoms with Gasteiger partial charge >= 0.3 is 0 Å². The van der Waals surface area contributed by atoms with Gasteiger partial charge in [0.15, 0.2) is 0 Å². The van der Waals surface area contributed by atoms with E-state index >= 15 is 0 Å². The van der Waals surface area contributed by atoms with Gasteiger partial charge < -0.3 is 24.6 Å². The Morgan fingerprint density at radius 3 is 2.48 bits per heavy atom. The number of halogens is 2. The van der Waals surface area contributed by atoms with E-state index in [-0.39, 0.29) is 51.1 Å². The van der Waals surface area contributed by atoms with E-state index in [4.69, 9.17) is 19.4 Å². The van der Waals surface area contributed by atoms with Crippen molar-refractivity contribution in [3.05, 3.63) is 47.5 Å². The van der Waals surface area contributed by atoms with Crippen LogP contribution >= 0.6 is 11.3 Å². The lowest BCUT2D eigenvalue weighted by molar-refractivity contribution is -0.151. The summed E-state index contributed by atoms with van der Waals surface area (Å²) in [5, 5.41) is 6.20. The lowest BCUT2D eigenvalue weighted by Crippen LogP contribution is -2.58. The molecule has 2 aromatic heterocycles. The van der Waals surface area contributed by atoms with Gasteiger partial charge in [-0.2, -0.15) is 0 Å². The number of aromatic nitrogens is 2. The molecule has 62 heavy (non-hydrogen) atoms. The molecule has 6 atom stereocenters. The van der Waals surface area contributed by atoms with E-state index in [1.54, 1.807) is 33.9 Å². The standard InChI is InChI=1S/C44H56F2N6O8S2/c1-9-26-20-44(26,41(56)52(62(57)58)27-11-12-27)49-38(54)33-17-28(21-51(33)40(55)30(42(5,6)7)18-36(53)50-16-10-15-43(45,46)23-50)60-35-19-31(39-48-32(22-61-39)24(2)3)47-37-25(4)34(59-8)14-13-29(35)37/h9,13-14,19,22,24,26-28,30,33H,1,10-12,15-18,20-21,23H2,2-8H3,(H,49,54)(H,57,58)/t26-,28-,30-,33+,44?/m1/s1. The molecule has 2 N–H and O–H groups in total. The van der Waals surface area contributed by atoms with Crippen LogP contribution in [-0.4, -0.2) is 113 Å². The Bertz CT molecular complexity index is 2300.